The largest absolute Gasteiger partial charge is 0.398 e. The Kier molecular flexibility index (Phi) is 3.58. The molecule has 0 saturated heterocycles. The number of rotatable bonds is 2. The average molecular weight is 278 g/mol. The molecular formula is C15H13ClFNO. The zero-order valence-corrected chi connectivity index (χ0v) is 11.4. The fourth-order valence-electron chi connectivity index (χ4n) is 2.03. The molecule has 2 N–H and O–H groups in total. The van der Waals surface area contributed by atoms with Crippen LogP contribution in [0.1, 0.15) is 27.0 Å². The van der Waals surface area contributed by atoms with E-state index in [1.54, 1.807) is 26.0 Å². The number of benzene rings is 2. The third kappa shape index (κ3) is 2.61. The number of hydrogen-bond donors (Lipinski definition) is 1. The summed E-state index contributed by atoms with van der Waals surface area (Å²) in [5.74, 6) is -0.908. The number of ketones is 1. The lowest BCUT2D eigenvalue weighted by molar-refractivity contribution is 0.103. The molecule has 0 aliphatic rings. The van der Waals surface area contributed by atoms with Gasteiger partial charge in [-0.2, -0.15) is 0 Å². The highest BCUT2D eigenvalue weighted by atomic mass is 35.5. The van der Waals surface area contributed by atoms with Gasteiger partial charge in [-0.15, -0.1) is 0 Å². The first kappa shape index (κ1) is 13.6. The van der Waals surface area contributed by atoms with Gasteiger partial charge in [-0.25, -0.2) is 4.39 Å². The number of halogens is 2. The Hall–Kier alpha value is -1.87. The predicted molar refractivity (Wildman–Crippen MR) is 75.2 cm³/mol. The third-order valence-corrected chi connectivity index (χ3v) is 3.26. The Morgan fingerprint density at radius 3 is 2.47 bits per heavy atom. The molecule has 0 atom stereocenters. The van der Waals surface area contributed by atoms with E-state index in [2.05, 4.69) is 0 Å². The molecule has 0 heterocycles. The highest BCUT2D eigenvalue weighted by Gasteiger charge is 2.17. The molecule has 0 unspecified atom stereocenters. The van der Waals surface area contributed by atoms with E-state index >= 15 is 0 Å². The minimum Gasteiger partial charge on any atom is -0.398 e. The van der Waals surface area contributed by atoms with Crippen molar-refractivity contribution in [1.29, 1.82) is 0 Å². The topological polar surface area (TPSA) is 43.1 Å². The second kappa shape index (κ2) is 5.02. The normalized spacial score (nSPS) is 10.5. The van der Waals surface area contributed by atoms with Crippen LogP contribution in [0, 0.1) is 19.7 Å². The summed E-state index contributed by atoms with van der Waals surface area (Å²) in [6.45, 7) is 3.49. The summed E-state index contributed by atoms with van der Waals surface area (Å²) >= 11 is 5.80. The quantitative estimate of drug-likeness (QED) is 0.668. The van der Waals surface area contributed by atoms with Crippen molar-refractivity contribution >= 4 is 23.1 Å². The van der Waals surface area contributed by atoms with Crippen LogP contribution in [0.3, 0.4) is 0 Å². The highest BCUT2D eigenvalue weighted by Crippen LogP contribution is 2.24. The van der Waals surface area contributed by atoms with Crippen molar-refractivity contribution in [2.24, 2.45) is 0 Å². The first-order valence-electron chi connectivity index (χ1n) is 5.76. The summed E-state index contributed by atoms with van der Waals surface area (Å²) < 4.78 is 13.9. The number of carbonyl (C=O) groups is 1. The summed E-state index contributed by atoms with van der Waals surface area (Å²) in [6.07, 6.45) is 0. The minimum absolute atomic E-state index is 0.0762. The number of aryl methyl sites for hydroxylation is 2. The van der Waals surface area contributed by atoms with Crippen LogP contribution >= 0.6 is 11.6 Å². The number of anilines is 1. The first-order chi connectivity index (χ1) is 8.90. The molecule has 4 heteroatoms. The fraction of sp³-hybridized carbons (Fsp3) is 0.133. The van der Waals surface area contributed by atoms with E-state index in [9.17, 15) is 9.18 Å². The monoisotopic (exact) mass is 277 g/mol. The second-order valence-electron chi connectivity index (χ2n) is 4.50. The van der Waals surface area contributed by atoms with Gasteiger partial charge in [0.2, 0.25) is 0 Å². The van der Waals surface area contributed by atoms with Crippen LogP contribution in [0.25, 0.3) is 0 Å². The van der Waals surface area contributed by atoms with Crippen LogP contribution < -0.4 is 5.73 Å². The van der Waals surface area contributed by atoms with Crippen molar-refractivity contribution in [2.45, 2.75) is 13.8 Å². The van der Waals surface area contributed by atoms with Crippen molar-refractivity contribution in [1.82, 2.24) is 0 Å². The van der Waals surface area contributed by atoms with Crippen LogP contribution in [-0.2, 0) is 0 Å². The van der Waals surface area contributed by atoms with Gasteiger partial charge in [0.1, 0.15) is 5.82 Å². The zero-order valence-electron chi connectivity index (χ0n) is 10.6. The summed E-state index contributed by atoms with van der Waals surface area (Å²) in [7, 11) is 0. The smallest absolute Gasteiger partial charge is 0.196 e. The highest BCUT2D eigenvalue weighted by molar-refractivity contribution is 6.33. The van der Waals surface area contributed by atoms with Gasteiger partial charge >= 0.3 is 0 Å². The summed E-state index contributed by atoms with van der Waals surface area (Å²) in [4.78, 5) is 12.3. The molecule has 0 bridgehead atoms. The number of nitrogens with two attached hydrogens (primary N) is 1. The van der Waals surface area contributed by atoms with Gasteiger partial charge in [-0.1, -0.05) is 17.7 Å². The minimum atomic E-state index is -0.518. The van der Waals surface area contributed by atoms with Crippen LogP contribution in [0.15, 0.2) is 30.3 Å². The molecule has 0 radical (unpaired) electrons. The molecule has 0 fully saturated rings. The Bertz CT molecular complexity index is 644. The maximum absolute atomic E-state index is 13.9. The van der Waals surface area contributed by atoms with E-state index < -0.39 is 11.6 Å². The van der Waals surface area contributed by atoms with Crippen molar-refractivity contribution in [2.75, 3.05) is 5.73 Å². The lowest BCUT2D eigenvalue weighted by Gasteiger charge is -2.09. The Labute approximate surface area is 116 Å². The lowest BCUT2D eigenvalue weighted by Crippen LogP contribution is -2.08. The van der Waals surface area contributed by atoms with Crippen LogP contribution in [0.2, 0.25) is 5.02 Å². The summed E-state index contributed by atoms with van der Waals surface area (Å²) in [5.41, 5.74) is 7.75. The van der Waals surface area contributed by atoms with Crippen LogP contribution in [0.5, 0.6) is 0 Å². The molecule has 0 spiro atoms. The average Bonchev–Trinajstić information content (AvgIpc) is 2.31. The lowest BCUT2D eigenvalue weighted by atomic mass is 9.96. The van der Waals surface area contributed by atoms with Gasteiger partial charge in [-0.05, 0) is 49.2 Å². The molecule has 2 rings (SSSR count). The molecule has 2 aromatic rings. The Morgan fingerprint density at radius 1 is 1.21 bits per heavy atom. The van der Waals surface area contributed by atoms with Gasteiger partial charge in [-0.3, -0.25) is 4.79 Å². The number of nitrogen functional groups attached to an aromatic ring is 1. The predicted octanol–water partition coefficient (Wildman–Crippen LogP) is 3.91. The molecule has 0 aliphatic heterocycles. The molecule has 0 amide bonds. The molecule has 0 saturated carbocycles. The van der Waals surface area contributed by atoms with E-state index in [0.29, 0.717) is 21.8 Å². The Balaban J connectivity index is 2.53. The van der Waals surface area contributed by atoms with Crippen LogP contribution in [-0.4, -0.2) is 5.78 Å². The van der Waals surface area contributed by atoms with Gasteiger partial charge in [0.25, 0.3) is 0 Å². The molecule has 2 aromatic carbocycles. The van der Waals surface area contributed by atoms with E-state index in [4.69, 9.17) is 17.3 Å². The van der Waals surface area contributed by atoms with E-state index in [1.165, 1.54) is 18.2 Å². The van der Waals surface area contributed by atoms with Gasteiger partial charge < -0.3 is 5.73 Å². The van der Waals surface area contributed by atoms with Crippen molar-refractivity contribution in [3.8, 4) is 0 Å². The standard InChI is InChI=1S/C15H13ClFNO/c1-8-5-9(2)14(12(17)6-8)15(19)10-3-4-11(16)13(18)7-10/h3-7H,18H2,1-2H3. The van der Waals surface area contributed by atoms with E-state index in [0.717, 1.165) is 5.56 Å². The van der Waals surface area contributed by atoms with Gasteiger partial charge in [0.15, 0.2) is 5.78 Å². The zero-order chi connectivity index (χ0) is 14.2. The maximum atomic E-state index is 13.9. The van der Waals surface area contributed by atoms with E-state index in [1.807, 2.05) is 0 Å². The van der Waals surface area contributed by atoms with Crippen LogP contribution in [0.4, 0.5) is 10.1 Å². The Morgan fingerprint density at radius 2 is 1.89 bits per heavy atom. The fourth-order valence-corrected chi connectivity index (χ4v) is 2.15. The molecular weight excluding hydrogens is 265 g/mol. The summed E-state index contributed by atoms with van der Waals surface area (Å²) in [5, 5.41) is 0.373. The molecule has 0 aliphatic carbocycles. The van der Waals surface area contributed by atoms with Gasteiger partial charge in [0, 0.05) is 5.56 Å². The van der Waals surface area contributed by atoms with E-state index in [-0.39, 0.29) is 5.56 Å². The van der Waals surface area contributed by atoms with Crippen molar-refractivity contribution < 1.29 is 9.18 Å². The number of carbonyl (C=O) groups excluding carboxylic acids is 1. The first-order valence-corrected chi connectivity index (χ1v) is 6.14. The SMILES string of the molecule is Cc1cc(C)c(C(=O)c2ccc(Cl)c(N)c2)c(F)c1. The molecule has 2 nitrogen and oxygen atoms in total. The van der Waals surface area contributed by atoms with Crippen molar-refractivity contribution in [3.05, 3.63) is 63.4 Å². The van der Waals surface area contributed by atoms with Crippen molar-refractivity contribution in [3.63, 3.8) is 0 Å². The molecule has 98 valence electrons. The number of hydrogen-bond acceptors (Lipinski definition) is 2. The summed E-state index contributed by atoms with van der Waals surface area (Å²) in [6, 6.07) is 7.66. The molecule has 0 aromatic heterocycles. The molecule has 19 heavy (non-hydrogen) atoms. The third-order valence-electron chi connectivity index (χ3n) is 2.92. The maximum Gasteiger partial charge on any atom is 0.196 e. The second-order valence-corrected chi connectivity index (χ2v) is 4.91. The van der Waals surface area contributed by atoms with Gasteiger partial charge in [0.05, 0.1) is 16.3 Å².